The smallest absolute Gasteiger partial charge is 0.313 e. The highest BCUT2D eigenvalue weighted by molar-refractivity contribution is 7.89. The van der Waals surface area contributed by atoms with E-state index in [0.29, 0.717) is 18.8 Å². The van der Waals surface area contributed by atoms with Crippen LogP contribution < -0.4 is 9.88 Å². The van der Waals surface area contributed by atoms with E-state index in [1.165, 1.54) is 4.68 Å². The van der Waals surface area contributed by atoms with E-state index < -0.39 is 93.7 Å². The second-order valence-electron chi connectivity index (χ2n) is 10.8. The van der Waals surface area contributed by atoms with Crippen LogP contribution in [-0.4, -0.2) is 141 Å². The van der Waals surface area contributed by atoms with Crippen molar-refractivity contribution in [3.63, 3.8) is 0 Å². The van der Waals surface area contributed by atoms with Gasteiger partial charge in [-0.1, -0.05) is 5.21 Å². The molecule has 3 rings (SSSR count). The molecule has 51 heavy (non-hydrogen) atoms. The summed E-state index contributed by atoms with van der Waals surface area (Å²) in [6.07, 6.45) is -5.95. The molecular weight excluding hydrogens is 727 g/mol. The van der Waals surface area contributed by atoms with Crippen LogP contribution in [-0.2, 0) is 56.2 Å². The summed E-state index contributed by atoms with van der Waals surface area (Å²) in [6.45, 7) is 1.59. The van der Waals surface area contributed by atoms with E-state index in [9.17, 15) is 50.5 Å². The number of aliphatic hydroxyl groups excluding tert-OH is 3. The Balaban J connectivity index is 1.16. The fourth-order valence-electron chi connectivity index (χ4n) is 4.33. The normalized spacial score (nSPS) is 20.9. The molecular formula is C28H39F5N4O13S. The Hall–Kier alpha value is -2.97. The van der Waals surface area contributed by atoms with Gasteiger partial charge in [-0.2, -0.15) is 8.78 Å². The van der Waals surface area contributed by atoms with Gasteiger partial charge < -0.3 is 48.5 Å². The number of carbonyl (C=O) groups excluding carboxylic acids is 1. The number of sulfonamides is 1. The number of aromatic nitrogens is 3. The van der Waals surface area contributed by atoms with Crippen LogP contribution in [0.4, 0.5) is 22.0 Å². The van der Waals surface area contributed by atoms with Gasteiger partial charge in [-0.3, -0.25) is 4.79 Å². The first-order valence-electron chi connectivity index (χ1n) is 15.4. The molecule has 0 aliphatic carbocycles. The van der Waals surface area contributed by atoms with E-state index in [1.807, 2.05) is 0 Å². The van der Waals surface area contributed by atoms with Crippen molar-refractivity contribution in [2.75, 3.05) is 65.2 Å². The maximum Gasteiger partial charge on any atom is 0.313 e. The summed E-state index contributed by atoms with van der Waals surface area (Å²) in [5.74, 6) is -14.8. The standard InChI is InChI=1S/C28H39F5N4O13S/c29-19-20(30)22(32)27(23(33)21(19)31)50-18(38)2-5-44-8-10-46-12-13-47-11-9-45-7-4-37-15-16(35-36-37)1-6-48-28-26(41)25(40)24(39)17(49-28)3-14-51(34,42)43/h15,17,24-26,28,39-41H,1-14H2,(H2,34,42,43)/t17-,24-,25+,26+,28+/m1/s1. The van der Waals surface area contributed by atoms with Crippen LogP contribution in [0.25, 0.3) is 0 Å². The molecule has 0 spiro atoms. The van der Waals surface area contributed by atoms with Crippen molar-refractivity contribution in [1.82, 2.24) is 15.0 Å². The summed E-state index contributed by atoms with van der Waals surface area (Å²) < 4.78 is 127. The van der Waals surface area contributed by atoms with Crippen molar-refractivity contribution in [1.29, 1.82) is 0 Å². The molecule has 0 bridgehead atoms. The molecule has 0 unspecified atom stereocenters. The van der Waals surface area contributed by atoms with Crippen molar-refractivity contribution < 1.29 is 83.6 Å². The van der Waals surface area contributed by atoms with E-state index >= 15 is 0 Å². The maximum absolute atomic E-state index is 13.6. The SMILES string of the molecule is NS(=O)(=O)CC[C@H]1O[C@H](OCCc2cn(CCOCCOCCOCCOCCC(=O)Oc3c(F)c(F)c(F)c(F)c3F)nn2)[C@@H](O)[C@@H](O)[C@@H]1O. The number of carbonyl (C=O) groups is 1. The minimum atomic E-state index is -3.83. The highest BCUT2D eigenvalue weighted by atomic mass is 32.2. The Labute approximate surface area is 288 Å². The van der Waals surface area contributed by atoms with Gasteiger partial charge in [0, 0.05) is 12.6 Å². The lowest BCUT2D eigenvalue weighted by Crippen LogP contribution is -2.58. The van der Waals surface area contributed by atoms with Crippen LogP contribution in [0, 0.1) is 29.1 Å². The molecule has 2 aromatic rings. The number of nitrogens with two attached hydrogens (primary N) is 1. The number of hydrogen-bond donors (Lipinski definition) is 4. The quantitative estimate of drug-likeness (QED) is 0.0268. The van der Waals surface area contributed by atoms with Crippen LogP contribution in [0.2, 0.25) is 0 Å². The van der Waals surface area contributed by atoms with Gasteiger partial charge in [0.05, 0.1) is 90.0 Å². The lowest BCUT2D eigenvalue weighted by molar-refractivity contribution is -0.296. The fourth-order valence-corrected chi connectivity index (χ4v) is 4.89. The van der Waals surface area contributed by atoms with E-state index in [4.69, 9.17) is 33.6 Å². The maximum atomic E-state index is 13.6. The Kier molecular flexibility index (Phi) is 17.4. The monoisotopic (exact) mass is 766 g/mol. The lowest BCUT2D eigenvalue weighted by atomic mass is 9.97. The predicted molar refractivity (Wildman–Crippen MR) is 159 cm³/mol. The van der Waals surface area contributed by atoms with Crippen molar-refractivity contribution in [2.24, 2.45) is 5.14 Å². The third-order valence-corrected chi connectivity index (χ3v) is 7.80. The average Bonchev–Trinajstić information content (AvgIpc) is 3.55. The molecule has 1 aromatic carbocycles. The Morgan fingerprint density at radius 2 is 1.35 bits per heavy atom. The van der Waals surface area contributed by atoms with Gasteiger partial charge in [-0.15, -0.1) is 5.10 Å². The number of aliphatic hydroxyl groups is 3. The highest BCUT2D eigenvalue weighted by Gasteiger charge is 2.44. The number of nitrogens with zero attached hydrogens (tertiary/aromatic N) is 3. The summed E-state index contributed by atoms with van der Waals surface area (Å²) in [4.78, 5) is 11.7. The molecule has 0 amide bonds. The average molecular weight is 767 g/mol. The molecule has 5 N–H and O–H groups in total. The number of hydrogen-bond acceptors (Lipinski definition) is 15. The van der Waals surface area contributed by atoms with Crippen molar-refractivity contribution >= 4 is 16.0 Å². The Morgan fingerprint density at radius 3 is 1.94 bits per heavy atom. The van der Waals surface area contributed by atoms with Gasteiger partial charge in [-0.05, 0) is 6.42 Å². The summed E-state index contributed by atoms with van der Waals surface area (Å²) in [5.41, 5.74) is 0.550. The van der Waals surface area contributed by atoms with E-state index in [1.54, 1.807) is 6.20 Å². The zero-order chi connectivity index (χ0) is 37.6. The second-order valence-corrected chi connectivity index (χ2v) is 12.6. The molecule has 290 valence electrons. The van der Waals surface area contributed by atoms with Gasteiger partial charge in [0.1, 0.15) is 18.3 Å². The second kappa shape index (κ2) is 20.9. The fraction of sp³-hybridized carbons (Fsp3) is 0.679. The number of rotatable bonds is 23. The predicted octanol–water partition coefficient (Wildman–Crippen LogP) is -0.919. The molecule has 1 saturated heterocycles. The summed E-state index contributed by atoms with van der Waals surface area (Å²) in [7, 11) is -3.83. The number of ether oxygens (including phenoxy) is 7. The van der Waals surface area contributed by atoms with Gasteiger partial charge >= 0.3 is 5.97 Å². The van der Waals surface area contributed by atoms with Gasteiger partial charge in [0.2, 0.25) is 44.9 Å². The molecule has 1 fully saturated rings. The van der Waals surface area contributed by atoms with Gasteiger partial charge in [-0.25, -0.2) is 31.4 Å². The van der Waals surface area contributed by atoms with Gasteiger partial charge in [0.25, 0.3) is 0 Å². The van der Waals surface area contributed by atoms with Crippen LogP contribution in [0.3, 0.4) is 0 Å². The van der Waals surface area contributed by atoms with Crippen LogP contribution in [0.1, 0.15) is 18.5 Å². The number of primary sulfonamides is 1. The Morgan fingerprint density at radius 1 is 0.804 bits per heavy atom. The summed E-state index contributed by atoms with van der Waals surface area (Å²) >= 11 is 0. The van der Waals surface area contributed by atoms with Crippen LogP contribution in [0.5, 0.6) is 5.75 Å². The molecule has 17 nitrogen and oxygen atoms in total. The van der Waals surface area contributed by atoms with Crippen molar-refractivity contribution in [2.45, 2.75) is 56.5 Å². The third-order valence-electron chi connectivity index (χ3n) is 7.00. The zero-order valence-electron chi connectivity index (χ0n) is 27.0. The Bertz CT molecular complexity index is 1480. The number of halogens is 5. The summed E-state index contributed by atoms with van der Waals surface area (Å²) in [6, 6.07) is 0. The molecule has 5 atom stereocenters. The lowest BCUT2D eigenvalue weighted by Gasteiger charge is -2.40. The minimum absolute atomic E-state index is 0.00686. The number of esters is 1. The van der Waals surface area contributed by atoms with E-state index in [0.717, 1.165) is 0 Å². The molecule has 1 aliphatic heterocycles. The largest absolute Gasteiger partial charge is 0.420 e. The molecule has 1 aromatic heterocycles. The highest BCUT2D eigenvalue weighted by Crippen LogP contribution is 2.29. The minimum Gasteiger partial charge on any atom is -0.420 e. The topological polar surface area (TPSA) is 233 Å². The first-order chi connectivity index (χ1) is 24.2. The van der Waals surface area contributed by atoms with Crippen molar-refractivity contribution in [3.05, 3.63) is 41.0 Å². The van der Waals surface area contributed by atoms with Gasteiger partial charge in [0.15, 0.2) is 6.29 Å². The molecule has 2 heterocycles. The zero-order valence-corrected chi connectivity index (χ0v) is 27.8. The molecule has 23 heteroatoms. The van der Waals surface area contributed by atoms with Crippen LogP contribution in [0.15, 0.2) is 6.20 Å². The first-order valence-corrected chi connectivity index (χ1v) is 17.1. The van der Waals surface area contributed by atoms with E-state index in [-0.39, 0.29) is 65.7 Å². The third kappa shape index (κ3) is 13.8. The first kappa shape index (κ1) is 42.4. The summed E-state index contributed by atoms with van der Waals surface area (Å²) in [5, 5.41) is 43.3. The van der Waals surface area contributed by atoms with Crippen molar-refractivity contribution in [3.8, 4) is 5.75 Å². The molecule has 0 radical (unpaired) electrons. The van der Waals surface area contributed by atoms with Crippen LogP contribution >= 0.6 is 0 Å². The molecule has 1 aliphatic rings. The molecule has 0 saturated carbocycles. The van der Waals surface area contributed by atoms with E-state index in [2.05, 4.69) is 15.0 Å². The number of benzene rings is 1.